The third-order valence-corrected chi connectivity index (χ3v) is 4.14. The Kier molecular flexibility index (Phi) is 4.07. The van der Waals surface area contributed by atoms with Gasteiger partial charge in [-0.2, -0.15) is 0 Å². The summed E-state index contributed by atoms with van der Waals surface area (Å²) in [4.78, 5) is 6.95. The van der Waals surface area contributed by atoms with Gasteiger partial charge in [-0.3, -0.25) is 4.90 Å². The number of hydrogen-bond acceptors (Lipinski definition) is 3. The van der Waals surface area contributed by atoms with Crippen LogP contribution in [-0.4, -0.2) is 40.1 Å². The van der Waals surface area contributed by atoms with E-state index >= 15 is 0 Å². The van der Waals surface area contributed by atoms with Crippen molar-refractivity contribution in [2.75, 3.05) is 19.6 Å². The Balaban J connectivity index is 1.94. The van der Waals surface area contributed by atoms with Crippen LogP contribution in [0.4, 0.5) is 0 Å². The zero-order chi connectivity index (χ0) is 13.2. The number of fused-ring (bicyclic) bond motifs is 1. The summed E-state index contributed by atoms with van der Waals surface area (Å²) in [5.41, 5.74) is 0.283. The second-order valence-electron chi connectivity index (χ2n) is 6.02. The first-order valence-electron chi connectivity index (χ1n) is 6.98. The minimum absolute atomic E-state index is 0.283. The summed E-state index contributed by atoms with van der Waals surface area (Å²) < 4.78 is 2.26. The molecule has 1 aliphatic rings. The van der Waals surface area contributed by atoms with Gasteiger partial charge >= 0.3 is 0 Å². The van der Waals surface area contributed by atoms with Crippen LogP contribution in [0.5, 0.6) is 0 Å². The highest BCUT2D eigenvalue weighted by Gasteiger charge is 2.29. The van der Waals surface area contributed by atoms with E-state index in [1.165, 1.54) is 5.82 Å². The molecule has 0 saturated carbocycles. The van der Waals surface area contributed by atoms with Gasteiger partial charge in [-0.25, -0.2) is 4.98 Å². The lowest BCUT2D eigenvalue weighted by Gasteiger charge is -2.39. The molecule has 0 radical (unpaired) electrons. The van der Waals surface area contributed by atoms with Crippen LogP contribution in [0.1, 0.15) is 33.5 Å². The molecule has 1 unspecified atom stereocenters. The maximum absolute atomic E-state index is 4.42. The zero-order valence-corrected chi connectivity index (χ0v) is 12.1. The van der Waals surface area contributed by atoms with Gasteiger partial charge in [0.15, 0.2) is 0 Å². The van der Waals surface area contributed by atoms with Gasteiger partial charge < -0.3 is 9.88 Å². The predicted octanol–water partition coefficient (Wildman–Crippen LogP) is 1.72. The van der Waals surface area contributed by atoms with E-state index in [-0.39, 0.29) is 5.41 Å². The average Bonchev–Trinajstić information content (AvgIpc) is 2.76. The molecule has 102 valence electrons. The van der Waals surface area contributed by atoms with E-state index in [2.05, 4.69) is 53.7 Å². The SMILES string of the molecule is CCNC(C)C(C)(C)CN1CCn2ccnc2C1. The van der Waals surface area contributed by atoms with Crippen LogP contribution in [0.2, 0.25) is 0 Å². The summed E-state index contributed by atoms with van der Waals surface area (Å²) in [6.45, 7) is 14.5. The van der Waals surface area contributed by atoms with Gasteiger partial charge in [0.2, 0.25) is 0 Å². The molecule has 18 heavy (non-hydrogen) atoms. The van der Waals surface area contributed by atoms with Crippen LogP contribution in [0, 0.1) is 5.41 Å². The van der Waals surface area contributed by atoms with Crippen molar-refractivity contribution >= 4 is 0 Å². The number of nitrogens with zero attached hydrogens (tertiary/aromatic N) is 3. The molecule has 2 heterocycles. The molecular weight excluding hydrogens is 224 g/mol. The number of rotatable bonds is 5. The summed E-state index contributed by atoms with van der Waals surface area (Å²) >= 11 is 0. The molecule has 1 aromatic heterocycles. The van der Waals surface area contributed by atoms with Crippen molar-refractivity contribution in [3.8, 4) is 0 Å². The van der Waals surface area contributed by atoms with Gasteiger partial charge in [0.1, 0.15) is 5.82 Å². The Morgan fingerprint density at radius 3 is 2.94 bits per heavy atom. The van der Waals surface area contributed by atoms with Crippen LogP contribution in [0.3, 0.4) is 0 Å². The van der Waals surface area contributed by atoms with Crippen LogP contribution < -0.4 is 5.32 Å². The fourth-order valence-corrected chi connectivity index (χ4v) is 2.65. The van der Waals surface area contributed by atoms with Crippen molar-refractivity contribution in [3.63, 3.8) is 0 Å². The van der Waals surface area contributed by atoms with E-state index in [1.54, 1.807) is 0 Å². The van der Waals surface area contributed by atoms with Gasteiger partial charge in [-0.05, 0) is 18.9 Å². The second-order valence-corrected chi connectivity index (χ2v) is 6.02. The van der Waals surface area contributed by atoms with E-state index < -0.39 is 0 Å². The quantitative estimate of drug-likeness (QED) is 0.864. The molecule has 1 aromatic rings. The average molecular weight is 250 g/mol. The number of nitrogens with one attached hydrogen (secondary N) is 1. The van der Waals surface area contributed by atoms with Crippen molar-refractivity contribution in [1.82, 2.24) is 19.8 Å². The Morgan fingerprint density at radius 2 is 2.22 bits per heavy atom. The molecular formula is C14H26N4. The smallest absolute Gasteiger partial charge is 0.122 e. The first kappa shape index (κ1) is 13.6. The molecule has 0 aromatic carbocycles. The van der Waals surface area contributed by atoms with Crippen molar-refractivity contribution < 1.29 is 0 Å². The molecule has 1 N–H and O–H groups in total. The van der Waals surface area contributed by atoms with Crippen LogP contribution in [0.25, 0.3) is 0 Å². The predicted molar refractivity (Wildman–Crippen MR) is 74.4 cm³/mol. The number of imidazole rings is 1. The summed E-state index contributed by atoms with van der Waals surface area (Å²) in [5.74, 6) is 1.20. The minimum Gasteiger partial charge on any atom is -0.333 e. The summed E-state index contributed by atoms with van der Waals surface area (Å²) in [6.07, 6.45) is 3.99. The number of hydrogen-bond donors (Lipinski definition) is 1. The molecule has 0 amide bonds. The molecule has 0 spiro atoms. The highest BCUT2D eigenvalue weighted by molar-refractivity contribution is 4.96. The monoisotopic (exact) mass is 250 g/mol. The zero-order valence-electron chi connectivity index (χ0n) is 12.1. The third kappa shape index (κ3) is 2.93. The van der Waals surface area contributed by atoms with E-state index in [4.69, 9.17) is 0 Å². The highest BCUT2D eigenvalue weighted by Crippen LogP contribution is 2.24. The molecule has 2 rings (SSSR count). The summed E-state index contributed by atoms with van der Waals surface area (Å²) in [5, 5.41) is 3.54. The molecule has 4 heteroatoms. The maximum atomic E-state index is 4.42. The van der Waals surface area contributed by atoms with E-state index in [0.29, 0.717) is 6.04 Å². The standard InChI is InChI=1S/C14H26N4/c1-5-15-12(2)14(3,4)11-17-8-9-18-7-6-16-13(18)10-17/h6-7,12,15H,5,8-11H2,1-4H3. The first-order chi connectivity index (χ1) is 8.53. The highest BCUT2D eigenvalue weighted by atomic mass is 15.2. The maximum Gasteiger partial charge on any atom is 0.122 e. The number of aromatic nitrogens is 2. The Hall–Kier alpha value is -0.870. The van der Waals surface area contributed by atoms with Crippen molar-refractivity contribution in [3.05, 3.63) is 18.2 Å². The lowest BCUT2D eigenvalue weighted by atomic mass is 9.84. The molecule has 4 nitrogen and oxygen atoms in total. The van der Waals surface area contributed by atoms with Crippen molar-refractivity contribution in [2.24, 2.45) is 5.41 Å². The molecule has 0 fully saturated rings. The third-order valence-electron chi connectivity index (χ3n) is 4.14. The van der Waals surface area contributed by atoms with Crippen LogP contribution in [0.15, 0.2) is 12.4 Å². The van der Waals surface area contributed by atoms with Crippen molar-refractivity contribution in [2.45, 2.75) is 46.8 Å². The Labute approximate surface area is 110 Å². The normalized spacial score (nSPS) is 18.7. The molecule has 0 bridgehead atoms. The van der Waals surface area contributed by atoms with E-state index in [0.717, 1.165) is 32.7 Å². The van der Waals surface area contributed by atoms with Gasteiger partial charge in [0, 0.05) is 38.1 Å². The molecule has 1 aliphatic heterocycles. The summed E-state index contributed by atoms with van der Waals surface area (Å²) in [6, 6.07) is 0.532. The van der Waals surface area contributed by atoms with Gasteiger partial charge in [-0.15, -0.1) is 0 Å². The molecule has 1 atom stereocenters. The van der Waals surface area contributed by atoms with Crippen LogP contribution >= 0.6 is 0 Å². The largest absolute Gasteiger partial charge is 0.333 e. The minimum atomic E-state index is 0.283. The molecule has 0 saturated heterocycles. The Morgan fingerprint density at radius 1 is 1.44 bits per heavy atom. The van der Waals surface area contributed by atoms with E-state index in [9.17, 15) is 0 Å². The lowest BCUT2D eigenvalue weighted by molar-refractivity contribution is 0.118. The summed E-state index contributed by atoms with van der Waals surface area (Å²) in [7, 11) is 0. The fraction of sp³-hybridized carbons (Fsp3) is 0.786. The van der Waals surface area contributed by atoms with Gasteiger partial charge in [0.25, 0.3) is 0 Å². The van der Waals surface area contributed by atoms with Crippen LogP contribution in [-0.2, 0) is 13.1 Å². The van der Waals surface area contributed by atoms with Crippen molar-refractivity contribution in [1.29, 1.82) is 0 Å². The first-order valence-corrected chi connectivity index (χ1v) is 6.98. The fourth-order valence-electron chi connectivity index (χ4n) is 2.65. The Bertz CT molecular complexity index is 383. The van der Waals surface area contributed by atoms with Gasteiger partial charge in [0.05, 0.1) is 6.54 Å². The lowest BCUT2D eigenvalue weighted by Crippen LogP contribution is -2.48. The van der Waals surface area contributed by atoms with E-state index in [1.807, 2.05) is 6.20 Å². The van der Waals surface area contributed by atoms with Gasteiger partial charge in [-0.1, -0.05) is 20.8 Å². The topological polar surface area (TPSA) is 33.1 Å². The second kappa shape index (κ2) is 5.41. The molecule has 0 aliphatic carbocycles.